The molecule has 2 heterocycles. The van der Waals surface area contributed by atoms with Crippen molar-refractivity contribution >= 4 is 28.7 Å². The fourth-order valence-corrected chi connectivity index (χ4v) is 4.71. The van der Waals surface area contributed by atoms with E-state index in [-0.39, 0.29) is 11.9 Å². The second-order valence-corrected chi connectivity index (χ2v) is 8.90. The summed E-state index contributed by atoms with van der Waals surface area (Å²) in [4.78, 5) is 14.2. The molecular weight excluding hydrogens is 425 g/mol. The van der Waals surface area contributed by atoms with Gasteiger partial charge in [-0.1, -0.05) is 48.7 Å². The molecule has 0 bridgehead atoms. The zero-order chi connectivity index (χ0) is 22.1. The van der Waals surface area contributed by atoms with Gasteiger partial charge in [-0.3, -0.25) is 0 Å². The Morgan fingerprint density at radius 3 is 2.59 bits per heavy atom. The lowest BCUT2D eigenvalue weighted by molar-refractivity contribution is 0.465. The molecule has 1 fully saturated rings. The van der Waals surface area contributed by atoms with Crippen molar-refractivity contribution < 1.29 is 4.39 Å². The van der Waals surface area contributed by atoms with Crippen molar-refractivity contribution in [1.82, 2.24) is 19.5 Å². The van der Waals surface area contributed by atoms with Gasteiger partial charge in [-0.2, -0.15) is 4.98 Å². The first-order chi connectivity index (χ1) is 15.6. The van der Waals surface area contributed by atoms with Crippen molar-refractivity contribution in [3.05, 3.63) is 71.1 Å². The molecule has 1 saturated carbocycles. The van der Waals surface area contributed by atoms with Gasteiger partial charge < -0.3 is 9.88 Å². The number of fused-ring (bicyclic) bond motifs is 1. The smallest absolute Gasteiger partial charge is 0.225 e. The van der Waals surface area contributed by atoms with Crippen molar-refractivity contribution in [2.45, 2.75) is 45.2 Å². The Morgan fingerprint density at radius 1 is 1.09 bits per heavy atom. The highest BCUT2D eigenvalue weighted by Gasteiger charge is 2.22. The fourth-order valence-electron chi connectivity index (χ4n) is 4.49. The van der Waals surface area contributed by atoms with Crippen LogP contribution in [0.5, 0.6) is 0 Å². The average molecular weight is 450 g/mol. The van der Waals surface area contributed by atoms with Gasteiger partial charge in [0.25, 0.3) is 0 Å². The molecule has 5 nitrogen and oxygen atoms in total. The number of imidazole rings is 1. The van der Waals surface area contributed by atoms with Gasteiger partial charge in [0, 0.05) is 12.1 Å². The molecule has 0 amide bonds. The minimum atomic E-state index is -0.249. The quantitative estimate of drug-likeness (QED) is 0.358. The first-order valence-electron chi connectivity index (χ1n) is 11.1. The molecule has 32 heavy (non-hydrogen) atoms. The predicted octanol–water partition coefficient (Wildman–Crippen LogP) is 6.65. The van der Waals surface area contributed by atoms with Crippen LogP contribution in [0, 0.1) is 11.7 Å². The Kier molecular flexibility index (Phi) is 5.79. The molecule has 0 aliphatic heterocycles. The third-order valence-corrected chi connectivity index (χ3v) is 6.56. The number of nitrogens with zero attached hydrogens (tertiary/aromatic N) is 4. The Labute approximate surface area is 191 Å². The van der Waals surface area contributed by atoms with Gasteiger partial charge in [0.1, 0.15) is 17.2 Å². The first kappa shape index (κ1) is 20.9. The zero-order valence-electron chi connectivity index (χ0n) is 17.9. The van der Waals surface area contributed by atoms with Crippen LogP contribution < -0.4 is 5.32 Å². The van der Waals surface area contributed by atoms with Gasteiger partial charge in [0.2, 0.25) is 5.95 Å². The number of halogens is 2. The Morgan fingerprint density at radius 2 is 1.84 bits per heavy atom. The molecule has 5 rings (SSSR count). The monoisotopic (exact) mass is 449 g/mol. The van der Waals surface area contributed by atoms with Crippen LogP contribution >= 0.6 is 11.6 Å². The SMILES string of the molecule is CC(Nc1ncc2nc(-c3ccccc3Cl)n(CC3CCCC3)c2n1)c1ccc(F)cc1. The molecule has 1 unspecified atom stereocenters. The maximum absolute atomic E-state index is 13.3. The minimum Gasteiger partial charge on any atom is -0.348 e. The van der Waals surface area contributed by atoms with Gasteiger partial charge in [-0.15, -0.1) is 0 Å². The van der Waals surface area contributed by atoms with Crippen LogP contribution in [-0.2, 0) is 6.54 Å². The largest absolute Gasteiger partial charge is 0.348 e. The van der Waals surface area contributed by atoms with E-state index in [0.29, 0.717) is 16.9 Å². The summed E-state index contributed by atoms with van der Waals surface area (Å²) in [6, 6.07) is 14.2. The first-order valence-corrected chi connectivity index (χ1v) is 11.5. The van der Waals surface area contributed by atoms with Crippen LogP contribution in [0.1, 0.15) is 44.2 Å². The normalized spacial score (nSPS) is 15.3. The van der Waals surface area contributed by atoms with Gasteiger partial charge in [-0.25, -0.2) is 14.4 Å². The van der Waals surface area contributed by atoms with Crippen LogP contribution in [0.4, 0.5) is 10.3 Å². The van der Waals surface area contributed by atoms with Gasteiger partial charge in [-0.05, 0) is 55.5 Å². The van der Waals surface area contributed by atoms with Gasteiger partial charge >= 0.3 is 0 Å². The molecule has 7 heteroatoms. The van der Waals surface area contributed by atoms with Gasteiger partial charge in [0.15, 0.2) is 5.65 Å². The van der Waals surface area contributed by atoms with Crippen LogP contribution in [0.3, 0.4) is 0 Å². The summed E-state index contributed by atoms with van der Waals surface area (Å²) < 4.78 is 15.5. The number of nitrogens with one attached hydrogen (secondary N) is 1. The number of hydrogen-bond donors (Lipinski definition) is 1. The Hall–Kier alpha value is -2.99. The van der Waals surface area contributed by atoms with Crippen LogP contribution in [0.2, 0.25) is 5.02 Å². The van der Waals surface area contributed by atoms with Crippen LogP contribution in [0.25, 0.3) is 22.6 Å². The maximum Gasteiger partial charge on any atom is 0.225 e. The average Bonchev–Trinajstić information content (AvgIpc) is 3.43. The summed E-state index contributed by atoms with van der Waals surface area (Å²) in [6.07, 6.45) is 6.75. The summed E-state index contributed by atoms with van der Waals surface area (Å²) >= 11 is 6.53. The lowest BCUT2D eigenvalue weighted by atomic mass is 10.1. The number of anilines is 1. The van der Waals surface area contributed by atoms with E-state index in [1.165, 1.54) is 37.8 Å². The van der Waals surface area contributed by atoms with Gasteiger partial charge in [0.05, 0.1) is 17.3 Å². The van der Waals surface area contributed by atoms with E-state index in [0.717, 1.165) is 34.7 Å². The van der Waals surface area contributed by atoms with Crippen molar-refractivity contribution in [2.24, 2.45) is 5.92 Å². The van der Waals surface area contributed by atoms with Crippen molar-refractivity contribution in [1.29, 1.82) is 0 Å². The highest BCUT2D eigenvalue weighted by molar-refractivity contribution is 6.33. The van der Waals surface area contributed by atoms with Crippen molar-refractivity contribution in [3.8, 4) is 11.4 Å². The van der Waals surface area contributed by atoms with E-state index >= 15 is 0 Å². The molecule has 0 spiro atoms. The molecule has 164 valence electrons. The van der Waals surface area contributed by atoms with E-state index in [2.05, 4.69) is 14.9 Å². The maximum atomic E-state index is 13.3. The Bertz CT molecular complexity index is 1230. The molecule has 2 aromatic carbocycles. The second kappa shape index (κ2) is 8.87. The topological polar surface area (TPSA) is 55.6 Å². The van der Waals surface area contributed by atoms with E-state index in [4.69, 9.17) is 21.6 Å². The number of hydrogen-bond acceptors (Lipinski definition) is 4. The second-order valence-electron chi connectivity index (χ2n) is 8.50. The summed E-state index contributed by atoms with van der Waals surface area (Å²) in [7, 11) is 0. The molecule has 4 aromatic rings. The lowest BCUT2D eigenvalue weighted by Gasteiger charge is -2.16. The molecule has 2 aromatic heterocycles. The summed E-state index contributed by atoms with van der Waals surface area (Å²) in [5.41, 5.74) is 3.42. The molecule has 0 radical (unpaired) electrons. The zero-order valence-corrected chi connectivity index (χ0v) is 18.7. The summed E-state index contributed by atoms with van der Waals surface area (Å²) in [5.74, 6) is 1.71. The molecule has 1 aliphatic rings. The van der Waals surface area contributed by atoms with Crippen molar-refractivity contribution in [2.75, 3.05) is 5.32 Å². The fraction of sp³-hybridized carbons (Fsp3) is 0.320. The van der Waals surface area contributed by atoms with E-state index in [1.807, 2.05) is 31.2 Å². The number of benzene rings is 2. The summed E-state index contributed by atoms with van der Waals surface area (Å²) in [5, 5.41) is 4.01. The highest BCUT2D eigenvalue weighted by Crippen LogP contribution is 2.33. The van der Waals surface area contributed by atoms with Crippen LogP contribution in [0.15, 0.2) is 54.7 Å². The molecule has 0 saturated heterocycles. The molecule has 1 N–H and O–H groups in total. The molecular formula is C25H25ClFN5. The highest BCUT2D eigenvalue weighted by atomic mass is 35.5. The van der Waals surface area contributed by atoms with E-state index in [9.17, 15) is 4.39 Å². The van der Waals surface area contributed by atoms with E-state index in [1.54, 1.807) is 18.3 Å². The Balaban J connectivity index is 1.53. The number of aromatic nitrogens is 4. The summed E-state index contributed by atoms with van der Waals surface area (Å²) in [6.45, 7) is 2.87. The predicted molar refractivity (Wildman–Crippen MR) is 126 cm³/mol. The van der Waals surface area contributed by atoms with Crippen LogP contribution in [-0.4, -0.2) is 19.5 Å². The lowest BCUT2D eigenvalue weighted by Crippen LogP contribution is -2.12. The number of rotatable bonds is 6. The minimum absolute atomic E-state index is 0.0673. The third kappa shape index (κ3) is 4.19. The standard InChI is InChI=1S/C25H25ClFN5/c1-16(18-10-12-19(27)13-11-18)29-25-28-14-22-24(31-25)32(15-17-6-2-3-7-17)23(30-22)20-8-4-5-9-21(20)26/h4-5,8-14,16-17H,2-3,6-7,15H2,1H3,(H,28,29,31). The van der Waals surface area contributed by atoms with Crippen molar-refractivity contribution in [3.63, 3.8) is 0 Å². The van der Waals surface area contributed by atoms with E-state index < -0.39 is 0 Å². The molecule has 1 aliphatic carbocycles. The third-order valence-electron chi connectivity index (χ3n) is 6.23. The molecule has 1 atom stereocenters.